The van der Waals surface area contributed by atoms with Crippen molar-refractivity contribution < 1.29 is 34.0 Å². The van der Waals surface area contributed by atoms with Gasteiger partial charge in [-0.05, 0) is 0 Å². The minimum absolute atomic E-state index is 0.161. The standard InChI is InChI=1S/C21H22O7/c22-15(13-7-3-1-4-8-13)11-25-19-17(23)18-16(27-20(19)24)12-26-21(28-18)14-9-5-2-6-10-14/h1-10,16-21,23-24H,11-12H2/t16-,17+,18-,19-,20+,21?/m1/s1. The number of hydrogen-bond acceptors (Lipinski definition) is 7. The monoisotopic (exact) mass is 386 g/mol. The van der Waals surface area contributed by atoms with Crippen LogP contribution in [0.3, 0.4) is 0 Å². The van der Waals surface area contributed by atoms with Gasteiger partial charge in [-0.25, -0.2) is 0 Å². The molecule has 0 radical (unpaired) electrons. The summed E-state index contributed by atoms with van der Waals surface area (Å²) >= 11 is 0. The van der Waals surface area contributed by atoms with Crippen LogP contribution in [0.15, 0.2) is 60.7 Å². The Morgan fingerprint density at radius 1 is 1.00 bits per heavy atom. The summed E-state index contributed by atoms with van der Waals surface area (Å²) in [6.07, 6.45) is -5.70. The number of aliphatic hydroxyl groups excluding tert-OH is 2. The molecule has 2 saturated heterocycles. The Labute approximate surface area is 162 Å². The maximum Gasteiger partial charge on any atom is 0.188 e. The molecule has 0 aromatic heterocycles. The van der Waals surface area contributed by atoms with Gasteiger partial charge in [0.1, 0.15) is 31.0 Å². The van der Waals surface area contributed by atoms with Crippen LogP contribution in [0, 0.1) is 0 Å². The van der Waals surface area contributed by atoms with Crippen LogP contribution in [-0.4, -0.2) is 59.9 Å². The summed E-state index contributed by atoms with van der Waals surface area (Å²) in [6, 6.07) is 18.0. The number of aliphatic hydroxyl groups is 2. The molecule has 6 atom stereocenters. The molecule has 0 bridgehead atoms. The number of ketones is 1. The van der Waals surface area contributed by atoms with Crippen molar-refractivity contribution in [3.8, 4) is 0 Å². The summed E-state index contributed by atoms with van der Waals surface area (Å²) < 4.78 is 22.6. The molecule has 148 valence electrons. The summed E-state index contributed by atoms with van der Waals surface area (Å²) in [4.78, 5) is 12.2. The molecule has 28 heavy (non-hydrogen) atoms. The molecule has 0 spiro atoms. The van der Waals surface area contributed by atoms with Gasteiger partial charge in [-0.3, -0.25) is 4.79 Å². The van der Waals surface area contributed by atoms with Gasteiger partial charge in [-0.1, -0.05) is 60.7 Å². The van der Waals surface area contributed by atoms with Gasteiger partial charge >= 0.3 is 0 Å². The number of fused-ring (bicyclic) bond motifs is 1. The third-order valence-electron chi connectivity index (χ3n) is 4.90. The fourth-order valence-corrected chi connectivity index (χ4v) is 3.42. The fraction of sp³-hybridized carbons (Fsp3) is 0.381. The normalized spacial score (nSPS) is 32.5. The molecule has 1 unspecified atom stereocenters. The zero-order valence-electron chi connectivity index (χ0n) is 15.1. The predicted octanol–water partition coefficient (Wildman–Crippen LogP) is 1.45. The zero-order chi connectivity index (χ0) is 19.5. The minimum Gasteiger partial charge on any atom is -0.387 e. The number of Topliss-reactive ketones (excluding diaryl/α,β-unsaturated/α-hetero) is 1. The van der Waals surface area contributed by atoms with Crippen LogP contribution in [0.1, 0.15) is 22.2 Å². The lowest BCUT2D eigenvalue weighted by Crippen LogP contribution is -2.62. The van der Waals surface area contributed by atoms with Crippen LogP contribution in [0.2, 0.25) is 0 Å². The van der Waals surface area contributed by atoms with Gasteiger partial charge in [0.05, 0.1) is 6.61 Å². The molecular weight excluding hydrogens is 364 g/mol. The van der Waals surface area contributed by atoms with Crippen molar-refractivity contribution in [2.75, 3.05) is 13.2 Å². The first-order chi connectivity index (χ1) is 13.6. The van der Waals surface area contributed by atoms with Crippen molar-refractivity contribution in [2.24, 2.45) is 0 Å². The molecule has 2 aliphatic heterocycles. The third-order valence-corrected chi connectivity index (χ3v) is 4.90. The van der Waals surface area contributed by atoms with Crippen LogP contribution in [0.5, 0.6) is 0 Å². The summed E-state index contributed by atoms with van der Waals surface area (Å²) in [6.45, 7) is -0.129. The maximum absolute atomic E-state index is 12.2. The first-order valence-corrected chi connectivity index (χ1v) is 9.17. The van der Waals surface area contributed by atoms with Gasteiger partial charge in [0.25, 0.3) is 0 Å². The predicted molar refractivity (Wildman–Crippen MR) is 97.4 cm³/mol. The second-order valence-corrected chi connectivity index (χ2v) is 6.80. The van der Waals surface area contributed by atoms with Crippen molar-refractivity contribution in [3.63, 3.8) is 0 Å². The molecule has 2 heterocycles. The first-order valence-electron chi connectivity index (χ1n) is 9.17. The Morgan fingerprint density at radius 3 is 2.39 bits per heavy atom. The van der Waals surface area contributed by atoms with E-state index < -0.39 is 37.0 Å². The van der Waals surface area contributed by atoms with Crippen molar-refractivity contribution >= 4 is 5.78 Å². The molecule has 0 saturated carbocycles. The zero-order valence-corrected chi connectivity index (χ0v) is 15.1. The quantitative estimate of drug-likeness (QED) is 0.751. The lowest BCUT2D eigenvalue weighted by molar-refractivity contribution is -0.358. The molecule has 2 fully saturated rings. The highest BCUT2D eigenvalue weighted by atomic mass is 16.7. The van der Waals surface area contributed by atoms with E-state index in [2.05, 4.69) is 0 Å². The number of hydrogen-bond donors (Lipinski definition) is 2. The lowest BCUT2D eigenvalue weighted by atomic mass is 9.97. The topological polar surface area (TPSA) is 94.5 Å². The van der Waals surface area contributed by atoms with Crippen molar-refractivity contribution in [2.45, 2.75) is 37.0 Å². The molecule has 7 heteroatoms. The molecule has 7 nitrogen and oxygen atoms in total. The molecule has 2 N–H and O–H groups in total. The van der Waals surface area contributed by atoms with E-state index in [4.69, 9.17) is 18.9 Å². The van der Waals surface area contributed by atoms with Crippen LogP contribution < -0.4 is 0 Å². The number of rotatable bonds is 5. The van der Waals surface area contributed by atoms with E-state index in [1.165, 1.54) is 0 Å². The van der Waals surface area contributed by atoms with Gasteiger partial charge in [0.15, 0.2) is 18.4 Å². The number of carbonyl (C=O) groups is 1. The van der Waals surface area contributed by atoms with Gasteiger partial charge in [-0.2, -0.15) is 0 Å². The largest absolute Gasteiger partial charge is 0.387 e. The Hall–Kier alpha value is -2.13. The van der Waals surface area contributed by atoms with Crippen LogP contribution in [0.4, 0.5) is 0 Å². The van der Waals surface area contributed by atoms with Crippen LogP contribution >= 0.6 is 0 Å². The molecule has 2 aromatic rings. The fourth-order valence-electron chi connectivity index (χ4n) is 3.42. The molecule has 0 aliphatic carbocycles. The molecule has 0 amide bonds. The number of benzene rings is 2. The minimum atomic E-state index is -1.39. The number of carbonyl (C=O) groups excluding carboxylic acids is 1. The summed E-state index contributed by atoms with van der Waals surface area (Å²) in [7, 11) is 0. The smallest absolute Gasteiger partial charge is 0.188 e. The molecule has 2 aromatic carbocycles. The second-order valence-electron chi connectivity index (χ2n) is 6.80. The maximum atomic E-state index is 12.2. The van der Waals surface area contributed by atoms with Gasteiger partial charge < -0.3 is 29.2 Å². The van der Waals surface area contributed by atoms with Gasteiger partial charge in [0.2, 0.25) is 0 Å². The summed E-state index contributed by atoms with van der Waals surface area (Å²) in [5.41, 5.74) is 1.31. The first kappa shape index (κ1) is 19.2. The van der Waals surface area contributed by atoms with Crippen LogP contribution in [0.25, 0.3) is 0 Å². The summed E-state index contributed by atoms with van der Waals surface area (Å²) in [5.74, 6) is -0.253. The van der Waals surface area contributed by atoms with Crippen LogP contribution in [-0.2, 0) is 18.9 Å². The molecule has 2 aliphatic rings. The van der Waals surface area contributed by atoms with E-state index in [0.29, 0.717) is 5.56 Å². The average molecular weight is 386 g/mol. The Bertz CT molecular complexity index is 782. The van der Waals surface area contributed by atoms with E-state index in [1.54, 1.807) is 24.3 Å². The second kappa shape index (κ2) is 8.48. The highest BCUT2D eigenvalue weighted by Gasteiger charge is 2.49. The van der Waals surface area contributed by atoms with E-state index in [-0.39, 0.29) is 19.0 Å². The van der Waals surface area contributed by atoms with Crippen molar-refractivity contribution in [3.05, 3.63) is 71.8 Å². The van der Waals surface area contributed by atoms with E-state index in [1.807, 2.05) is 36.4 Å². The van der Waals surface area contributed by atoms with E-state index >= 15 is 0 Å². The number of ether oxygens (including phenoxy) is 4. The highest BCUT2D eigenvalue weighted by molar-refractivity contribution is 5.97. The average Bonchev–Trinajstić information content (AvgIpc) is 2.74. The SMILES string of the molecule is O=C(CO[C@@H]1[C@@H](O)[C@@H]2OC(c3ccccc3)OC[C@H]2O[C@@H]1O)c1ccccc1. The summed E-state index contributed by atoms with van der Waals surface area (Å²) in [5, 5.41) is 20.9. The highest BCUT2D eigenvalue weighted by Crippen LogP contribution is 2.34. The van der Waals surface area contributed by atoms with E-state index in [9.17, 15) is 15.0 Å². The molecular formula is C21H22O7. The Morgan fingerprint density at radius 2 is 1.68 bits per heavy atom. The third kappa shape index (κ3) is 4.00. The van der Waals surface area contributed by atoms with Crippen molar-refractivity contribution in [1.82, 2.24) is 0 Å². The Kier molecular flexibility index (Phi) is 5.82. The van der Waals surface area contributed by atoms with E-state index in [0.717, 1.165) is 5.56 Å². The Balaban J connectivity index is 1.41. The molecule has 4 rings (SSSR count). The lowest BCUT2D eigenvalue weighted by Gasteiger charge is -2.46. The van der Waals surface area contributed by atoms with Crippen molar-refractivity contribution in [1.29, 1.82) is 0 Å². The van der Waals surface area contributed by atoms with Gasteiger partial charge in [0, 0.05) is 11.1 Å². The van der Waals surface area contributed by atoms with Gasteiger partial charge in [-0.15, -0.1) is 0 Å².